The number of rotatable bonds is 4. The molecule has 2 unspecified atom stereocenters. The highest BCUT2D eigenvalue weighted by atomic mass is 16.4. The van der Waals surface area contributed by atoms with Crippen LogP contribution in [-0.4, -0.2) is 23.0 Å². The van der Waals surface area contributed by atoms with Gasteiger partial charge < -0.3 is 10.4 Å². The molecule has 0 saturated heterocycles. The van der Waals surface area contributed by atoms with E-state index in [-0.39, 0.29) is 6.04 Å². The van der Waals surface area contributed by atoms with E-state index in [0.29, 0.717) is 0 Å². The molecule has 0 spiro atoms. The van der Waals surface area contributed by atoms with Crippen molar-refractivity contribution in [2.75, 3.05) is 0 Å². The van der Waals surface area contributed by atoms with Crippen LogP contribution in [0.4, 0.5) is 0 Å². The van der Waals surface area contributed by atoms with Crippen molar-refractivity contribution in [1.82, 2.24) is 5.32 Å². The summed E-state index contributed by atoms with van der Waals surface area (Å²) in [4.78, 5) is 21.3. The molecule has 0 aromatic heterocycles. The Labute approximate surface area is 71.3 Å². The number of amides is 1. The summed E-state index contributed by atoms with van der Waals surface area (Å²) >= 11 is 0. The average Bonchev–Trinajstić information content (AvgIpc) is 2.02. The van der Waals surface area contributed by atoms with Gasteiger partial charge in [-0.3, -0.25) is 9.59 Å². The number of carbonyl (C=O) groups excluding carboxylic acids is 1. The molecule has 2 atom stereocenters. The van der Waals surface area contributed by atoms with Crippen LogP contribution in [0.5, 0.6) is 0 Å². The molecule has 4 nitrogen and oxygen atoms in total. The number of carboxylic acids is 1. The summed E-state index contributed by atoms with van der Waals surface area (Å²) in [7, 11) is 0. The third-order valence-corrected chi connectivity index (χ3v) is 1.49. The van der Waals surface area contributed by atoms with Crippen molar-refractivity contribution in [3.8, 4) is 0 Å². The monoisotopic (exact) mass is 171 g/mol. The topological polar surface area (TPSA) is 66.4 Å². The first kappa shape index (κ1) is 10.7. The SMILES string of the molecule is C=CC(C)NC(=O)C(C)C(=O)O. The molecule has 0 heterocycles. The molecule has 0 bridgehead atoms. The minimum Gasteiger partial charge on any atom is -0.481 e. The van der Waals surface area contributed by atoms with Gasteiger partial charge in [0.1, 0.15) is 5.92 Å². The fourth-order valence-electron chi connectivity index (χ4n) is 0.520. The summed E-state index contributed by atoms with van der Waals surface area (Å²) in [6, 6.07) is -0.195. The first-order valence-electron chi connectivity index (χ1n) is 3.64. The van der Waals surface area contributed by atoms with Gasteiger partial charge in [0.25, 0.3) is 0 Å². The van der Waals surface area contributed by atoms with E-state index in [9.17, 15) is 9.59 Å². The van der Waals surface area contributed by atoms with Crippen molar-refractivity contribution in [2.24, 2.45) is 5.92 Å². The van der Waals surface area contributed by atoms with Gasteiger partial charge in [0.15, 0.2) is 0 Å². The van der Waals surface area contributed by atoms with E-state index in [1.165, 1.54) is 13.0 Å². The third-order valence-electron chi connectivity index (χ3n) is 1.49. The molecule has 0 saturated carbocycles. The molecule has 0 aliphatic rings. The quantitative estimate of drug-likeness (QED) is 0.475. The van der Waals surface area contributed by atoms with Gasteiger partial charge in [-0.1, -0.05) is 6.08 Å². The van der Waals surface area contributed by atoms with E-state index < -0.39 is 17.8 Å². The Morgan fingerprint density at radius 2 is 2.00 bits per heavy atom. The maximum absolute atomic E-state index is 11.0. The molecule has 68 valence electrons. The number of nitrogens with one attached hydrogen (secondary N) is 1. The van der Waals surface area contributed by atoms with Crippen LogP contribution in [0.15, 0.2) is 12.7 Å². The number of carboxylic acid groups (broad SMARTS) is 1. The Hall–Kier alpha value is -1.32. The van der Waals surface area contributed by atoms with E-state index in [0.717, 1.165) is 0 Å². The zero-order valence-corrected chi connectivity index (χ0v) is 7.20. The van der Waals surface area contributed by atoms with E-state index in [4.69, 9.17) is 5.11 Å². The van der Waals surface area contributed by atoms with Crippen LogP contribution in [-0.2, 0) is 9.59 Å². The highest BCUT2D eigenvalue weighted by Crippen LogP contribution is 1.95. The van der Waals surface area contributed by atoms with E-state index in [1.807, 2.05) is 0 Å². The van der Waals surface area contributed by atoms with E-state index >= 15 is 0 Å². The number of hydrogen-bond acceptors (Lipinski definition) is 2. The van der Waals surface area contributed by atoms with Gasteiger partial charge in [0, 0.05) is 6.04 Å². The summed E-state index contributed by atoms with van der Waals surface area (Å²) in [5.41, 5.74) is 0. The molecule has 1 amide bonds. The highest BCUT2D eigenvalue weighted by Gasteiger charge is 2.20. The fourth-order valence-corrected chi connectivity index (χ4v) is 0.520. The molecule has 2 N–H and O–H groups in total. The molecule has 0 aliphatic carbocycles. The number of aliphatic carboxylic acids is 1. The largest absolute Gasteiger partial charge is 0.481 e. The van der Waals surface area contributed by atoms with Crippen LogP contribution in [0.1, 0.15) is 13.8 Å². The van der Waals surface area contributed by atoms with E-state index in [1.54, 1.807) is 6.92 Å². The van der Waals surface area contributed by atoms with Crippen LogP contribution >= 0.6 is 0 Å². The molecular formula is C8H13NO3. The van der Waals surface area contributed by atoms with Crippen molar-refractivity contribution in [3.63, 3.8) is 0 Å². The lowest BCUT2D eigenvalue weighted by Crippen LogP contribution is -2.38. The van der Waals surface area contributed by atoms with Crippen molar-refractivity contribution in [2.45, 2.75) is 19.9 Å². The van der Waals surface area contributed by atoms with Crippen molar-refractivity contribution in [3.05, 3.63) is 12.7 Å². The summed E-state index contributed by atoms with van der Waals surface area (Å²) in [6.07, 6.45) is 1.53. The van der Waals surface area contributed by atoms with Gasteiger partial charge in [-0.15, -0.1) is 6.58 Å². The molecule has 0 rings (SSSR count). The van der Waals surface area contributed by atoms with Crippen molar-refractivity contribution >= 4 is 11.9 Å². The second-order valence-electron chi connectivity index (χ2n) is 2.59. The van der Waals surface area contributed by atoms with Crippen molar-refractivity contribution in [1.29, 1.82) is 0 Å². The fraction of sp³-hybridized carbons (Fsp3) is 0.500. The summed E-state index contributed by atoms with van der Waals surface area (Å²) in [6.45, 7) is 6.52. The van der Waals surface area contributed by atoms with Gasteiger partial charge >= 0.3 is 5.97 Å². The molecule has 0 fully saturated rings. The zero-order chi connectivity index (χ0) is 9.72. The molecule has 4 heteroatoms. The van der Waals surface area contributed by atoms with Crippen LogP contribution < -0.4 is 5.32 Å². The number of carbonyl (C=O) groups is 2. The minimum absolute atomic E-state index is 0.195. The first-order chi connectivity index (χ1) is 5.49. The van der Waals surface area contributed by atoms with Crippen molar-refractivity contribution < 1.29 is 14.7 Å². The van der Waals surface area contributed by atoms with Crippen LogP contribution in [0.2, 0.25) is 0 Å². The Kier molecular flexibility index (Phi) is 4.04. The Balaban J connectivity index is 4.04. The maximum Gasteiger partial charge on any atom is 0.315 e. The summed E-state index contributed by atoms with van der Waals surface area (Å²) < 4.78 is 0. The lowest BCUT2D eigenvalue weighted by molar-refractivity contribution is -0.146. The number of hydrogen-bond donors (Lipinski definition) is 2. The molecule has 0 radical (unpaired) electrons. The summed E-state index contributed by atoms with van der Waals surface area (Å²) in [5, 5.41) is 10.9. The molecule has 12 heavy (non-hydrogen) atoms. The molecule has 0 aromatic rings. The van der Waals surface area contributed by atoms with Crippen LogP contribution in [0, 0.1) is 5.92 Å². The summed E-state index contributed by atoms with van der Waals surface area (Å²) in [5.74, 6) is -2.62. The molecular weight excluding hydrogens is 158 g/mol. The van der Waals surface area contributed by atoms with Gasteiger partial charge in [-0.2, -0.15) is 0 Å². The second-order valence-corrected chi connectivity index (χ2v) is 2.59. The standard InChI is InChI=1S/C8H13NO3/c1-4-5(2)9-7(10)6(3)8(11)12/h4-6H,1H2,2-3H3,(H,9,10)(H,11,12). The maximum atomic E-state index is 11.0. The van der Waals surface area contributed by atoms with Gasteiger partial charge in [-0.25, -0.2) is 0 Å². The lowest BCUT2D eigenvalue weighted by Gasteiger charge is -2.11. The van der Waals surface area contributed by atoms with Gasteiger partial charge in [0.2, 0.25) is 5.91 Å². The van der Waals surface area contributed by atoms with Gasteiger partial charge in [-0.05, 0) is 13.8 Å². The normalized spacial score (nSPS) is 14.5. The molecule has 0 aromatic carbocycles. The Morgan fingerprint density at radius 3 is 2.33 bits per heavy atom. The van der Waals surface area contributed by atoms with Crippen LogP contribution in [0.25, 0.3) is 0 Å². The predicted octanol–water partition coefficient (Wildman–Crippen LogP) is 0.398. The van der Waals surface area contributed by atoms with Crippen LogP contribution in [0.3, 0.4) is 0 Å². The zero-order valence-electron chi connectivity index (χ0n) is 7.20. The average molecular weight is 171 g/mol. The first-order valence-corrected chi connectivity index (χ1v) is 3.64. The smallest absolute Gasteiger partial charge is 0.315 e. The second kappa shape index (κ2) is 4.54. The van der Waals surface area contributed by atoms with E-state index in [2.05, 4.69) is 11.9 Å². The lowest BCUT2D eigenvalue weighted by atomic mass is 10.1. The predicted molar refractivity (Wildman–Crippen MR) is 44.6 cm³/mol. The minimum atomic E-state index is -1.12. The molecule has 0 aliphatic heterocycles. The Morgan fingerprint density at radius 1 is 1.50 bits per heavy atom. The third kappa shape index (κ3) is 3.18. The van der Waals surface area contributed by atoms with Gasteiger partial charge in [0.05, 0.1) is 0 Å². The Bertz CT molecular complexity index is 200. The highest BCUT2D eigenvalue weighted by molar-refractivity contribution is 5.96.